The Balaban J connectivity index is 3.23. The first-order valence-corrected chi connectivity index (χ1v) is 7.99. The van der Waals surface area contributed by atoms with Crippen molar-refractivity contribution >= 4 is 24.5 Å². The number of rotatable bonds is 1. The quantitative estimate of drug-likeness (QED) is 0.618. The van der Waals surface area contributed by atoms with Gasteiger partial charge in [0.1, 0.15) is 0 Å². The number of allylic oxidation sites excluding steroid dienone is 4. The van der Waals surface area contributed by atoms with Gasteiger partial charge in [-0.05, 0) is 0 Å². The van der Waals surface area contributed by atoms with Crippen molar-refractivity contribution in [2.75, 3.05) is 0 Å². The van der Waals surface area contributed by atoms with E-state index in [1.807, 2.05) is 0 Å². The van der Waals surface area contributed by atoms with E-state index in [2.05, 4.69) is 34.6 Å². The summed E-state index contributed by atoms with van der Waals surface area (Å²) in [5.41, 5.74) is 4.65. The minimum atomic E-state index is -0.397. The van der Waals surface area contributed by atoms with E-state index in [0.29, 0.717) is 0 Å². The van der Waals surface area contributed by atoms with E-state index >= 15 is 0 Å². The molecule has 0 nitrogen and oxygen atoms in total. The van der Waals surface area contributed by atoms with Crippen LogP contribution in [0.25, 0.3) is 0 Å². The first kappa shape index (κ1) is 10.4. The average Bonchev–Trinajstić information content (AvgIpc) is 2.13. The Morgan fingerprint density at radius 2 is 1.58 bits per heavy atom. The van der Waals surface area contributed by atoms with Crippen LogP contribution in [0.4, 0.5) is 0 Å². The summed E-state index contributed by atoms with van der Waals surface area (Å²) in [5, 5.41) is 0. The summed E-state index contributed by atoms with van der Waals surface area (Å²) >= 11 is -0.397. The summed E-state index contributed by atoms with van der Waals surface area (Å²) in [4.78, 5) is 0. The number of hydrogen-bond acceptors (Lipinski definition) is 0. The molecule has 12 heavy (non-hydrogen) atoms. The molecule has 0 heterocycles. The molecular weight excluding hydrogens is 228 g/mol. The van der Waals surface area contributed by atoms with Crippen LogP contribution in [0, 0.1) is 5.41 Å². The van der Waals surface area contributed by atoms with E-state index in [1.165, 1.54) is 21.1 Å². The van der Waals surface area contributed by atoms with Crippen LogP contribution in [-0.2, 0) is 0 Å². The number of halogens is 1. The van der Waals surface area contributed by atoms with E-state index in [9.17, 15) is 0 Å². The zero-order valence-electron chi connectivity index (χ0n) is 8.38. The van der Waals surface area contributed by atoms with Gasteiger partial charge in [-0.1, -0.05) is 0 Å². The minimum absolute atomic E-state index is 0.246. The van der Waals surface area contributed by atoms with Crippen molar-refractivity contribution in [2.45, 2.75) is 34.6 Å². The average molecular weight is 243 g/mol. The Hall–Kier alpha value is 0.313. The predicted molar refractivity (Wildman–Crippen MR) is 56.5 cm³/mol. The van der Waals surface area contributed by atoms with Gasteiger partial charge in [0.05, 0.1) is 0 Å². The second-order valence-corrected chi connectivity index (χ2v) is 6.40. The Morgan fingerprint density at radius 1 is 1.08 bits per heavy atom. The van der Waals surface area contributed by atoms with Gasteiger partial charge in [0, 0.05) is 0 Å². The normalized spacial score (nSPS) is 22.5. The van der Waals surface area contributed by atoms with Crippen molar-refractivity contribution in [2.24, 2.45) is 5.41 Å². The summed E-state index contributed by atoms with van der Waals surface area (Å²) in [6.45, 7) is 11.2. The second kappa shape index (κ2) is 3.23. The summed E-state index contributed by atoms with van der Waals surface area (Å²) < 4.78 is 1.51. The monoisotopic (exact) mass is 244 g/mol. The molecule has 0 amide bonds. The van der Waals surface area contributed by atoms with Crippen molar-refractivity contribution < 1.29 is 0 Å². The third-order valence-corrected chi connectivity index (χ3v) is 6.63. The zero-order valence-corrected chi connectivity index (χ0v) is 11.2. The van der Waals surface area contributed by atoms with Gasteiger partial charge in [-0.25, -0.2) is 0 Å². The summed E-state index contributed by atoms with van der Waals surface area (Å²) in [6, 6.07) is 0. The molecule has 1 aliphatic rings. The fraction of sp³-hybridized carbons (Fsp3) is 0.600. The maximum absolute atomic E-state index is 6.06. The van der Waals surface area contributed by atoms with Gasteiger partial charge < -0.3 is 0 Å². The molecule has 0 aromatic carbocycles. The maximum atomic E-state index is 6.06. The molecule has 0 N–H and O–H groups in total. The third kappa shape index (κ3) is 1.29. The third-order valence-electron chi connectivity index (χ3n) is 3.16. The predicted octanol–water partition coefficient (Wildman–Crippen LogP) is 3.49. The van der Waals surface area contributed by atoms with E-state index in [4.69, 9.17) is 10.0 Å². The second-order valence-electron chi connectivity index (χ2n) is 3.97. The van der Waals surface area contributed by atoms with E-state index in [0.717, 1.165) is 0 Å². The number of hydrogen-bond donors (Lipinski definition) is 0. The SMILES string of the molecule is CC1=C(C)C(C)(C)[C]([Ge][Cl])=C1C. The van der Waals surface area contributed by atoms with Crippen LogP contribution >= 0.6 is 10.0 Å². The van der Waals surface area contributed by atoms with Crippen LogP contribution in [0.2, 0.25) is 0 Å². The molecule has 66 valence electrons. The summed E-state index contributed by atoms with van der Waals surface area (Å²) in [7, 11) is 6.06. The van der Waals surface area contributed by atoms with Gasteiger partial charge in [0.25, 0.3) is 0 Å². The standard InChI is InChI=1S/C10H15ClGe/c1-6-7(2)9(12-11)10(4,5)8(6)3/h1-5H3. The fourth-order valence-electron chi connectivity index (χ4n) is 1.78. The Kier molecular flexibility index (Phi) is 2.79. The van der Waals surface area contributed by atoms with E-state index in [1.54, 1.807) is 0 Å². The van der Waals surface area contributed by atoms with Crippen molar-refractivity contribution in [1.29, 1.82) is 0 Å². The zero-order chi connectivity index (χ0) is 9.52. The van der Waals surface area contributed by atoms with Crippen LogP contribution in [0.3, 0.4) is 0 Å². The van der Waals surface area contributed by atoms with Crippen LogP contribution < -0.4 is 0 Å². The van der Waals surface area contributed by atoms with Crippen molar-refractivity contribution in [1.82, 2.24) is 0 Å². The molecule has 0 aliphatic heterocycles. The van der Waals surface area contributed by atoms with Gasteiger partial charge >= 0.3 is 85.7 Å². The first-order chi connectivity index (χ1) is 5.42. The van der Waals surface area contributed by atoms with Gasteiger partial charge in [-0.2, -0.15) is 0 Å². The van der Waals surface area contributed by atoms with Crippen molar-refractivity contribution in [3.8, 4) is 0 Å². The molecule has 0 saturated heterocycles. The molecule has 1 rings (SSSR count). The van der Waals surface area contributed by atoms with Gasteiger partial charge in [-0.15, -0.1) is 0 Å². The molecule has 0 atom stereocenters. The van der Waals surface area contributed by atoms with Crippen LogP contribution in [0.15, 0.2) is 21.1 Å². The van der Waals surface area contributed by atoms with E-state index < -0.39 is 14.5 Å². The molecule has 2 radical (unpaired) electrons. The van der Waals surface area contributed by atoms with Gasteiger partial charge in [0.15, 0.2) is 0 Å². The molecule has 0 fully saturated rings. The molecule has 0 bridgehead atoms. The molecule has 0 aromatic rings. The Bertz CT molecular complexity index is 272. The summed E-state index contributed by atoms with van der Waals surface area (Å²) in [5.74, 6) is 0. The molecular formula is C10H15ClGe. The molecule has 0 unspecified atom stereocenters. The molecule has 0 aromatic heterocycles. The molecule has 1 aliphatic carbocycles. The Labute approximate surface area is 85.7 Å². The topological polar surface area (TPSA) is 0 Å². The summed E-state index contributed by atoms with van der Waals surface area (Å²) in [6.07, 6.45) is 0. The molecule has 0 saturated carbocycles. The van der Waals surface area contributed by atoms with Crippen LogP contribution in [0.1, 0.15) is 34.6 Å². The van der Waals surface area contributed by atoms with Crippen molar-refractivity contribution in [3.05, 3.63) is 21.1 Å². The van der Waals surface area contributed by atoms with Crippen LogP contribution in [-0.4, -0.2) is 14.5 Å². The van der Waals surface area contributed by atoms with E-state index in [-0.39, 0.29) is 5.41 Å². The van der Waals surface area contributed by atoms with Crippen molar-refractivity contribution in [3.63, 3.8) is 0 Å². The van der Waals surface area contributed by atoms with Gasteiger partial charge in [-0.3, -0.25) is 0 Å². The molecule has 0 spiro atoms. The van der Waals surface area contributed by atoms with Gasteiger partial charge in [0.2, 0.25) is 0 Å². The Morgan fingerprint density at radius 3 is 1.75 bits per heavy atom. The molecule has 2 heteroatoms. The fourth-order valence-corrected chi connectivity index (χ4v) is 5.33. The van der Waals surface area contributed by atoms with Crippen LogP contribution in [0.5, 0.6) is 0 Å². The first-order valence-electron chi connectivity index (χ1n) is 4.19.